The Bertz CT molecular complexity index is 984. The topological polar surface area (TPSA) is 66.4 Å². The van der Waals surface area contributed by atoms with Gasteiger partial charge in [0.2, 0.25) is 0 Å². The lowest BCUT2D eigenvalue weighted by atomic mass is 10.0. The van der Waals surface area contributed by atoms with Crippen LogP contribution in [0.1, 0.15) is 29.5 Å². The van der Waals surface area contributed by atoms with Crippen LogP contribution in [-0.4, -0.2) is 49.5 Å². The smallest absolute Gasteiger partial charge is 0.146 e. The zero-order valence-electron chi connectivity index (χ0n) is 20.8. The molecule has 0 heterocycles. The number of benzene rings is 3. The minimum atomic E-state index is -0.728. The summed E-state index contributed by atoms with van der Waals surface area (Å²) < 4.78 is 30.6. The second-order valence-corrected chi connectivity index (χ2v) is 9.04. The fraction of sp³-hybridized carbons (Fsp3) is 0.400. The minimum absolute atomic E-state index is 0.132. The molecule has 0 unspecified atom stereocenters. The van der Waals surface area contributed by atoms with Gasteiger partial charge in [-0.25, -0.2) is 0 Å². The maximum Gasteiger partial charge on any atom is 0.146 e. The van der Waals surface area contributed by atoms with Crippen LogP contribution in [0.3, 0.4) is 0 Å². The van der Waals surface area contributed by atoms with E-state index in [1.807, 2.05) is 91.0 Å². The van der Waals surface area contributed by atoms with Crippen molar-refractivity contribution in [3.63, 3.8) is 0 Å². The molecule has 1 saturated carbocycles. The van der Waals surface area contributed by atoms with E-state index in [1.165, 1.54) is 0 Å². The molecule has 3 aromatic carbocycles. The van der Waals surface area contributed by atoms with Crippen LogP contribution < -0.4 is 0 Å². The van der Waals surface area contributed by atoms with Gasteiger partial charge in [0.1, 0.15) is 25.1 Å². The van der Waals surface area contributed by atoms with Crippen molar-refractivity contribution in [2.24, 2.45) is 0 Å². The van der Waals surface area contributed by atoms with Crippen molar-refractivity contribution in [3.05, 3.63) is 108 Å². The highest BCUT2D eigenvalue weighted by Crippen LogP contribution is 2.30. The molecule has 6 heteroatoms. The van der Waals surface area contributed by atoms with Crippen LogP contribution in [0.4, 0.5) is 0 Å². The van der Waals surface area contributed by atoms with E-state index in [9.17, 15) is 5.11 Å². The Hall–Kier alpha value is -2.58. The molecule has 1 aliphatic rings. The fourth-order valence-electron chi connectivity index (χ4n) is 4.51. The fourth-order valence-corrected chi connectivity index (χ4v) is 4.51. The molecule has 5 atom stereocenters. The summed E-state index contributed by atoms with van der Waals surface area (Å²) in [5.41, 5.74) is 3.12. The highest BCUT2D eigenvalue weighted by Gasteiger charge is 2.44. The highest BCUT2D eigenvalue weighted by atomic mass is 16.7. The molecule has 1 N–H and O–H groups in total. The number of hydrogen-bond donors (Lipinski definition) is 1. The Morgan fingerprint density at radius 3 is 1.50 bits per heavy atom. The lowest BCUT2D eigenvalue weighted by Crippen LogP contribution is -2.50. The third kappa shape index (κ3) is 7.71. The average Bonchev–Trinajstić information content (AvgIpc) is 3.05. The first-order valence-corrected chi connectivity index (χ1v) is 12.5. The normalized spacial score (nSPS) is 24.3. The van der Waals surface area contributed by atoms with Crippen LogP contribution in [0, 0.1) is 0 Å². The number of rotatable bonds is 12. The molecule has 0 aliphatic heterocycles. The molecular formula is C30H36O6. The molecule has 6 nitrogen and oxygen atoms in total. The summed E-state index contributed by atoms with van der Waals surface area (Å²) in [6, 6.07) is 30.0. The molecule has 1 fully saturated rings. The molecule has 36 heavy (non-hydrogen) atoms. The van der Waals surface area contributed by atoms with Crippen LogP contribution >= 0.6 is 0 Å². The zero-order chi connectivity index (χ0) is 25.0. The van der Waals surface area contributed by atoms with Crippen LogP contribution in [0.5, 0.6) is 0 Å². The van der Waals surface area contributed by atoms with Crippen LogP contribution in [-0.2, 0) is 43.5 Å². The number of ether oxygens (including phenoxy) is 5. The van der Waals surface area contributed by atoms with E-state index < -0.39 is 24.4 Å². The van der Waals surface area contributed by atoms with Crippen molar-refractivity contribution in [3.8, 4) is 0 Å². The summed E-state index contributed by atoms with van der Waals surface area (Å²) in [5.74, 6) is 0. The SMILES string of the molecule is COCO[C@@H]1CC[C@H](O)[C@H](OCc2ccccc2)[C@@H](OCc2ccccc2)[C@@H]1OCc1ccccc1. The van der Waals surface area contributed by atoms with E-state index in [2.05, 4.69) is 0 Å². The van der Waals surface area contributed by atoms with Crippen molar-refractivity contribution in [1.82, 2.24) is 0 Å². The maximum absolute atomic E-state index is 11.2. The average molecular weight is 493 g/mol. The van der Waals surface area contributed by atoms with Crippen molar-refractivity contribution in [2.45, 2.75) is 63.2 Å². The van der Waals surface area contributed by atoms with Gasteiger partial charge in [-0.05, 0) is 29.5 Å². The third-order valence-electron chi connectivity index (χ3n) is 6.40. The van der Waals surface area contributed by atoms with Crippen molar-refractivity contribution in [2.75, 3.05) is 13.9 Å². The third-order valence-corrected chi connectivity index (χ3v) is 6.40. The van der Waals surface area contributed by atoms with Gasteiger partial charge in [0, 0.05) is 7.11 Å². The quantitative estimate of drug-likeness (QED) is 0.287. The zero-order valence-corrected chi connectivity index (χ0v) is 20.8. The van der Waals surface area contributed by atoms with Gasteiger partial charge in [-0.3, -0.25) is 0 Å². The Morgan fingerprint density at radius 1 is 0.583 bits per heavy atom. The number of aliphatic hydroxyl groups is 1. The van der Waals surface area contributed by atoms with Gasteiger partial charge < -0.3 is 28.8 Å². The summed E-state index contributed by atoms with van der Waals surface area (Å²) in [6.07, 6.45) is -1.57. The van der Waals surface area contributed by atoms with E-state index >= 15 is 0 Å². The van der Waals surface area contributed by atoms with E-state index in [-0.39, 0.29) is 12.9 Å². The van der Waals surface area contributed by atoms with Gasteiger partial charge in [-0.15, -0.1) is 0 Å². The van der Waals surface area contributed by atoms with Gasteiger partial charge in [0.15, 0.2) is 0 Å². The summed E-state index contributed by atoms with van der Waals surface area (Å²) in [6.45, 7) is 1.26. The first-order chi connectivity index (χ1) is 17.7. The molecule has 0 spiro atoms. The molecule has 0 amide bonds. The molecular weight excluding hydrogens is 456 g/mol. The Balaban J connectivity index is 1.59. The Kier molecular flexibility index (Phi) is 10.5. The molecule has 4 rings (SSSR count). The van der Waals surface area contributed by atoms with Crippen LogP contribution in [0.2, 0.25) is 0 Å². The second-order valence-electron chi connectivity index (χ2n) is 9.04. The molecule has 1 aliphatic carbocycles. The lowest BCUT2D eigenvalue weighted by Gasteiger charge is -2.36. The lowest BCUT2D eigenvalue weighted by molar-refractivity contribution is -0.204. The predicted octanol–water partition coefficient (Wildman–Crippen LogP) is 4.89. The maximum atomic E-state index is 11.2. The Morgan fingerprint density at radius 2 is 1.03 bits per heavy atom. The molecule has 192 valence electrons. The number of methoxy groups -OCH3 is 1. The standard InChI is InChI=1S/C30H36O6/c1-32-22-36-27-18-17-26(31)28(33-19-23-11-5-2-6-12-23)30(35-21-25-15-9-4-10-16-25)29(27)34-20-24-13-7-3-8-14-24/h2-16,26-31H,17-22H2,1H3/t26-,27+,28-,29+,30+/m0/s1. The largest absolute Gasteiger partial charge is 0.390 e. The number of hydrogen-bond acceptors (Lipinski definition) is 6. The molecule has 3 aromatic rings. The van der Waals surface area contributed by atoms with Gasteiger partial charge in [0.05, 0.1) is 32.0 Å². The predicted molar refractivity (Wildman–Crippen MR) is 137 cm³/mol. The van der Waals surface area contributed by atoms with E-state index in [0.717, 1.165) is 16.7 Å². The first-order valence-electron chi connectivity index (χ1n) is 12.5. The van der Waals surface area contributed by atoms with E-state index in [1.54, 1.807) is 7.11 Å². The Labute approximate surface area is 213 Å². The van der Waals surface area contributed by atoms with Crippen molar-refractivity contribution >= 4 is 0 Å². The second kappa shape index (κ2) is 14.2. The van der Waals surface area contributed by atoms with Crippen molar-refractivity contribution in [1.29, 1.82) is 0 Å². The van der Waals surface area contributed by atoms with Gasteiger partial charge >= 0.3 is 0 Å². The molecule has 0 saturated heterocycles. The van der Waals surface area contributed by atoms with Crippen molar-refractivity contribution < 1.29 is 28.8 Å². The van der Waals surface area contributed by atoms with Gasteiger partial charge in [-0.2, -0.15) is 0 Å². The molecule has 0 bridgehead atoms. The summed E-state index contributed by atoms with van der Waals surface area (Å²) in [7, 11) is 1.60. The summed E-state index contributed by atoms with van der Waals surface area (Å²) in [4.78, 5) is 0. The van der Waals surface area contributed by atoms with E-state index in [0.29, 0.717) is 32.7 Å². The first kappa shape index (κ1) is 26.5. The monoisotopic (exact) mass is 492 g/mol. The highest BCUT2D eigenvalue weighted by molar-refractivity contribution is 5.15. The van der Waals surface area contributed by atoms with Crippen LogP contribution in [0.15, 0.2) is 91.0 Å². The minimum Gasteiger partial charge on any atom is -0.390 e. The molecule has 0 radical (unpaired) electrons. The summed E-state index contributed by atoms with van der Waals surface area (Å²) in [5, 5.41) is 11.2. The van der Waals surface area contributed by atoms with Crippen LogP contribution in [0.25, 0.3) is 0 Å². The summed E-state index contributed by atoms with van der Waals surface area (Å²) >= 11 is 0. The van der Waals surface area contributed by atoms with Gasteiger partial charge in [0.25, 0.3) is 0 Å². The molecule has 0 aromatic heterocycles. The number of aliphatic hydroxyl groups excluding tert-OH is 1. The van der Waals surface area contributed by atoms with Gasteiger partial charge in [-0.1, -0.05) is 91.0 Å². The van der Waals surface area contributed by atoms with E-state index in [4.69, 9.17) is 23.7 Å².